The number of benzene rings is 1. The van der Waals surface area contributed by atoms with Crippen molar-refractivity contribution in [3.63, 3.8) is 0 Å². The van der Waals surface area contributed by atoms with Crippen molar-refractivity contribution in [3.05, 3.63) is 52.8 Å². The molecule has 2 N–H and O–H groups in total. The van der Waals surface area contributed by atoms with Gasteiger partial charge >= 0.3 is 12.2 Å². The summed E-state index contributed by atoms with van der Waals surface area (Å²) in [5.41, 5.74) is -0.166. The van der Waals surface area contributed by atoms with E-state index in [1.165, 1.54) is 29.2 Å². The lowest BCUT2D eigenvalue weighted by Gasteiger charge is -2.36. The first kappa shape index (κ1) is 27.8. The molecule has 2 aromatic rings. The van der Waals surface area contributed by atoms with Crippen LogP contribution in [0, 0.1) is 11.6 Å². The Morgan fingerprint density at radius 2 is 1.85 bits per heavy atom. The molecule has 0 aliphatic carbocycles. The number of halogens is 3. The van der Waals surface area contributed by atoms with Crippen LogP contribution in [-0.2, 0) is 14.3 Å². The number of rotatable bonds is 7. The summed E-state index contributed by atoms with van der Waals surface area (Å²) in [6.45, 7) is 0.325. The van der Waals surface area contributed by atoms with E-state index in [1.54, 1.807) is 6.07 Å². The summed E-state index contributed by atoms with van der Waals surface area (Å²) < 4.78 is 39.7. The lowest BCUT2D eigenvalue weighted by molar-refractivity contribution is -0.130. The lowest BCUT2D eigenvalue weighted by Crippen LogP contribution is -2.51. The SMILES string of the molecule is COC(=O)NCC1CN(c2cc(F)c(N3CCN(C(=O)CNC(=O)c4cccnc4Cl)CC3)c(F)c2)C(=O)O1. The van der Waals surface area contributed by atoms with Crippen LogP contribution in [0.3, 0.4) is 0 Å². The van der Waals surface area contributed by atoms with Crippen LogP contribution in [0.15, 0.2) is 30.5 Å². The highest BCUT2D eigenvalue weighted by Gasteiger charge is 2.34. The van der Waals surface area contributed by atoms with Crippen molar-refractivity contribution in [2.75, 3.05) is 62.7 Å². The van der Waals surface area contributed by atoms with Gasteiger partial charge in [0.2, 0.25) is 5.91 Å². The molecular weight excluding hydrogens is 542 g/mol. The van der Waals surface area contributed by atoms with E-state index in [1.807, 2.05) is 0 Å². The van der Waals surface area contributed by atoms with Gasteiger partial charge in [-0.1, -0.05) is 11.6 Å². The maximum Gasteiger partial charge on any atom is 0.414 e. The highest BCUT2D eigenvalue weighted by molar-refractivity contribution is 6.32. The third kappa shape index (κ3) is 6.45. The molecule has 1 atom stereocenters. The zero-order valence-electron chi connectivity index (χ0n) is 20.8. The highest BCUT2D eigenvalue weighted by atomic mass is 35.5. The summed E-state index contributed by atoms with van der Waals surface area (Å²) in [7, 11) is 1.19. The maximum absolute atomic E-state index is 15.1. The van der Waals surface area contributed by atoms with Gasteiger partial charge in [0, 0.05) is 44.5 Å². The summed E-state index contributed by atoms with van der Waals surface area (Å²) in [6.07, 6.45) is -0.791. The van der Waals surface area contributed by atoms with Gasteiger partial charge in [-0.2, -0.15) is 0 Å². The topological polar surface area (TPSA) is 133 Å². The summed E-state index contributed by atoms with van der Waals surface area (Å²) in [6, 6.07) is 5.10. The fourth-order valence-electron chi connectivity index (χ4n) is 4.22. The molecule has 0 bridgehead atoms. The van der Waals surface area contributed by atoms with E-state index < -0.39 is 35.8 Å². The number of ether oxygens (including phenoxy) is 2. The largest absolute Gasteiger partial charge is 0.453 e. The molecule has 1 aromatic carbocycles. The monoisotopic (exact) mass is 566 g/mol. The van der Waals surface area contributed by atoms with Gasteiger partial charge in [0.25, 0.3) is 5.91 Å². The number of cyclic esters (lactones) is 1. The molecule has 2 aliphatic heterocycles. The Hall–Kier alpha value is -4.20. The smallest absolute Gasteiger partial charge is 0.414 e. The van der Waals surface area contributed by atoms with Crippen LogP contribution >= 0.6 is 11.6 Å². The Balaban J connectivity index is 1.32. The van der Waals surface area contributed by atoms with Crippen LogP contribution in [0.25, 0.3) is 0 Å². The maximum atomic E-state index is 15.1. The van der Waals surface area contributed by atoms with E-state index in [4.69, 9.17) is 16.3 Å². The summed E-state index contributed by atoms with van der Waals surface area (Å²) >= 11 is 5.89. The third-order valence-electron chi connectivity index (χ3n) is 6.20. The first-order valence-electron chi connectivity index (χ1n) is 11.9. The van der Waals surface area contributed by atoms with E-state index in [-0.39, 0.29) is 73.8 Å². The van der Waals surface area contributed by atoms with Crippen molar-refractivity contribution >= 4 is 47.0 Å². The summed E-state index contributed by atoms with van der Waals surface area (Å²) in [4.78, 5) is 56.1. The van der Waals surface area contributed by atoms with Crippen LogP contribution < -0.4 is 20.4 Å². The van der Waals surface area contributed by atoms with Crippen molar-refractivity contribution < 1.29 is 37.4 Å². The van der Waals surface area contributed by atoms with Gasteiger partial charge in [0.15, 0.2) is 11.6 Å². The van der Waals surface area contributed by atoms with Crippen molar-refractivity contribution in [3.8, 4) is 0 Å². The molecule has 0 radical (unpaired) electrons. The van der Waals surface area contributed by atoms with Crippen LogP contribution in [0.4, 0.5) is 29.7 Å². The summed E-state index contributed by atoms with van der Waals surface area (Å²) in [5, 5.41) is 4.91. The second kappa shape index (κ2) is 12.1. The van der Waals surface area contributed by atoms with E-state index in [9.17, 15) is 19.2 Å². The molecule has 0 spiro atoms. The molecule has 1 aromatic heterocycles. The molecule has 12 nitrogen and oxygen atoms in total. The lowest BCUT2D eigenvalue weighted by atomic mass is 10.2. The minimum atomic E-state index is -0.880. The Labute approximate surface area is 226 Å². The number of carbonyl (C=O) groups is 4. The van der Waals surface area contributed by atoms with E-state index in [0.29, 0.717) is 0 Å². The van der Waals surface area contributed by atoms with Crippen molar-refractivity contribution in [2.45, 2.75) is 6.10 Å². The van der Waals surface area contributed by atoms with Gasteiger partial charge < -0.3 is 29.9 Å². The minimum absolute atomic E-state index is 0.0168. The first-order chi connectivity index (χ1) is 18.7. The van der Waals surface area contributed by atoms with Crippen LogP contribution in [0.2, 0.25) is 5.15 Å². The Morgan fingerprint density at radius 1 is 1.15 bits per heavy atom. The van der Waals surface area contributed by atoms with E-state index >= 15 is 8.78 Å². The van der Waals surface area contributed by atoms with Crippen LogP contribution in [0.5, 0.6) is 0 Å². The molecular formula is C24H25ClF2N6O6. The fraction of sp³-hybridized carbons (Fsp3) is 0.375. The molecule has 3 heterocycles. The molecule has 39 heavy (non-hydrogen) atoms. The number of pyridine rings is 1. The van der Waals surface area contributed by atoms with Crippen molar-refractivity contribution in [1.29, 1.82) is 0 Å². The average Bonchev–Trinajstić information content (AvgIpc) is 3.30. The number of aromatic nitrogens is 1. The second-order valence-electron chi connectivity index (χ2n) is 8.64. The number of piperazine rings is 1. The summed E-state index contributed by atoms with van der Waals surface area (Å²) in [5.74, 6) is -2.66. The highest BCUT2D eigenvalue weighted by Crippen LogP contribution is 2.31. The van der Waals surface area contributed by atoms with Gasteiger partial charge in [-0.05, 0) is 12.1 Å². The molecule has 208 valence electrons. The number of alkyl carbamates (subject to hydrolysis) is 1. The zero-order valence-corrected chi connectivity index (χ0v) is 21.5. The number of methoxy groups -OCH3 is 1. The van der Waals surface area contributed by atoms with Gasteiger partial charge in [-0.15, -0.1) is 0 Å². The molecule has 15 heteroatoms. The first-order valence-corrected chi connectivity index (χ1v) is 12.3. The molecule has 2 fully saturated rings. The predicted octanol–water partition coefficient (Wildman–Crippen LogP) is 1.77. The van der Waals surface area contributed by atoms with Gasteiger partial charge in [0.05, 0.1) is 38.0 Å². The molecule has 4 rings (SSSR count). The molecule has 2 aliphatic rings. The van der Waals surface area contributed by atoms with Gasteiger partial charge in [0.1, 0.15) is 16.9 Å². The number of hydrogen-bond donors (Lipinski definition) is 2. The number of amides is 4. The third-order valence-corrected chi connectivity index (χ3v) is 6.50. The fourth-order valence-corrected chi connectivity index (χ4v) is 4.42. The Morgan fingerprint density at radius 3 is 2.49 bits per heavy atom. The molecule has 2 saturated heterocycles. The number of nitrogens with one attached hydrogen (secondary N) is 2. The standard InChI is InChI=1S/C24H25ClF2N6O6/c1-38-23(36)30-11-15-13-33(24(37)39-15)14-9-17(26)20(18(27)10-14)32-7-5-31(6-8-32)19(34)12-29-22(35)16-3-2-4-28-21(16)25/h2-4,9-10,15H,5-8,11-13H2,1H3,(H,29,35)(H,30,36). The molecule has 0 saturated carbocycles. The Kier molecular flexibility index (Phi) is 8.64. The minimum Gasteiger partial charge on any atom is -0.453 e. The number of nitrogens with zero attached hydrogens (tertiary/aromatic N) is 4. The van der Waals surface area contributed by atoms with Crippen LogP contribution in [-0.4, -0.2) is 92.9 Å². The average molecular weight is 567 g/mol. The predicted molar refractivity (Wildman–Crippen MR) is 135 cm³/mol. The number of anilines is 2. The number of carbonyl (C=O) groups excluding carboxylic acids is 4. The second-order valence-corrected chi connectivity index (χ2v) is 9.00. The van der Waals surface area contributed by atoms with Crippen molar-refractivity contribution in [2.24, 2.45) is 0 Å². The Bertz CT molecular complexity index is 1250. The number of hydrogen-bond acceptors (Lipinski definition) is 8. The van der Waals surface area contributed by atoms with E-state index in [2.05, 4.69) is 20.4 Å². The van der Waals surface area contributed by atoms with Gasteiger partial charge in [-0.25, -0.2) is 23.4 Å². The van der Waals surface area contributed by atoms with Gasteiger partial charge in [-0.3, -0.25) is 14.5 Å². The molecule has 1 unspecified atom stereocenters. The zero-order chi connectivity index (χ0) is 28.1. The quantitative estimate of drug-likeness (QED) is 0.485. The van der Waals surface area contributed by atoms with E-state index in [0.717, 1.165) is 17.0 Å². The van der Waals surface area contributed by atoms with Crippen molar-refractivity contribution in [1.82, 2.24) is 20.5 Å². The normalized spacial score (nSPS) is 17.1. The molecule has 4 amide bonds. The van der Waals surface area contributed by atoms with Crippen LogP contribution in [0.1, 0.15) is 10.4 Å².